The average Bonchev–Trinajstić information content (AvgIpc) is 2.31. The van der Waals surface area contributed by atoms with Crippen molar-refractivity contribution in [2.75, 3.05) is 13.1 Å². The van der Waals surface area contributed by atoms with Gasteiger partial charge in [0.05, 0.1) is 0 Å². The van der Waals surface area contributed by atoms with Gasteiger partial charge in [-0.25, -0.2) is 0 Å². The van der Waals surface area contributed by atoms with Crippen molar-refractivity contribution in [3.05, 3.63) is 30.1 Å². The summed E-state index contributed by atoms with van der Waals surface area (Å²) in [6.07, 6.45) is 6.38. The van der Waals surface area contributed by atoms with Crippen molar-refractivity contribution < 1.29 is 0 Å². The Labute approximate surface area is 98.7 Å². The lowest BCUT2D eigenvalue weighted by Gasteiger charge is -2.41. The zero-order valence-electron chi connectivity index (χ0n) is 10.6. The Morgan fingerprint density at radius 2 is 2.00 bits per heavy atom. The molecule has 1 aromatic rings. The molecule has 16 heavy (non-hydrogen) atoms. The van der Waals surface area contributed by atoms with Crippen molar-refractivity contribution in [2.45, 2.75) is 45.1 Å². The van der Waals surface area contributed by atoms with Crippen molar-refractivity contribution >= 4 is 0 Å². The molecule has 2 heterocycles. The van der Waals surface area contributed by atoms with Gasteiger partial charge in [0.15, 0.2) is 0 Å². The Balaban J connectivity index is 2.07. The van der Waals surface area contributed by atoms with E-state index in [4.69, 9.17) is 0 Å². The van der Waals surface area contributed by atoms with Gasteiger partial charge < -0.3 is 4.90 Å². The van der Waals surface area contributed by atoms with E-state index in [-0.39, 0.29) is 0 Å². The maximum Gasteiger partial charge on any atom is 0.0305 e. The van der Waals surface area contributed by atoms with E-state index >= 15 is 0 Å². The SMILES string of the molecule is CC(C)N1CCC(C)(c2cccnc2)CC1. The average molecular weight is 218 g/mol. The molecule has 2 nitrogen and oxygen atoms in total. The molecule has 1 fully saturated rings. The molecule has 0 bridgehead atoms. The minimum atomic E-state index is 0.333. The van der Waals surface area contributed by atoms with Crippen LogP contribution in [0.15, 0.2) is 24.5 Å². The largest absolute Gasteiger partial charge is 0.301 e. The van der Waals surface area contributed by atoms with E-state index in [1.54, 1.807) is 0 Å². The van der Waals surface area contributed by atoms with Gasteiger partial charge in [-0.15, -0.1) is 0 Å². The Bertz CT molecular complexity index is 324. The standard InChI is InChI=1S/C14H22N2/c1-12(2)16-9-6-14(3,7-10-16)13-5-4-8-15-11-13/h4-5,8,11-12H,6-7,9-10H2,1-3H3. The van der Waals surface area contributed by atoms with Crippen molar-refractivity contribution in [1.29, 1.82) is 0 Å². The molecule has 2 rings (SSSR count). The van der Waals surface area contributed by atoms with Crippen LogP contribution in [-0.2, 0) is 5.41 Å². The van der Waals surface area contributed by atoms with E-state index in [0.717, 1.165) is 0 Å². The molecule has 0 unspecified atom stereocenters. The second-order valence-electron chi connectivity index (χ2n) is 5.43. The van der Waals surface area contributed by atoms with E-state index < -0.39 is 0 Å². The second kappa shape index (κ2) is 4.54. The molecule has 88 valence electrons. The third kappa shape index (κ3) is 2.27. The zero-order chi connectivity index (χ0) is 11.6. The van der Waals surface area contributed by atoms with Crippen LogP contribution in [0, 0.1) is 0 Å². The lowest BCUT2D eigenvalue weighted by molar-refractivity contribution is 0.137. The predicted molar refractivity (Wildman–Crippen MR) is 67.5 cm³/mol. The molecule has 2 heteroatoms. The Hall–Kier alpha value is -0.890. The Kier molecular flexibility index (Phi) is 3.29. The highest BCUT2D eigenvalue weighted by Crippen LogP contribution is 2.34. The molecule has 0 aliphatic carbocycles. The van der Waals surface area contributed by atoms with Crippen LogP contribution in [0.25, 0.3) is 0 Å². The molecular formula is C14H22N2. The van der Waals surface area contributed by atoms with E-state index in [9.17, 15) is 0 Å². The highest BCUT2D eigenvalue weighted by molar-refractivity contribution is 5.21. The zero-order valence-corrected chi connectivity index (χ0v) is 10.6. The minimum absolute atomic E-state index is 0.333. The number of hydrogen-bond donors (Lipinski definition) is 0. The third-order valence-electron chi connectivity index (χ3n) is 3.99. The molecule has 1 aromatic heterocycles. The van der Waals surface area contributed by atoms with Crippen LogP contribution in [0.5, 0.6) is 0 Å². The Morgan fingerprint density at radius 3 is 2.50 bits per heavy atom. The number of pyridine rings is 1. The van der Waals surface area contributed by atoms with Gasteiger partial charge in [0.1, 0.15) is 0 Å². The van der Waals surface area contributed by atoms with Crippen LogP contribution in [0.2, 0.25) is 0 Å². The number of likely N-dealkylation sites (tertiary alicyclic amines) is 1. The summed E-state index contributed by atoms with van der Waals surface area (Å²) in [4.78, 5) is 6.81. The number of rotatable bonds is 2. The summed E-state index contributed by atoms with van der Waals surface area (Å²) in [7, 11) is 0. The number of nitrogens with zero attached hydrogens (tertiary/aromatic N) is 2. The highest BCUT2D eigenvalue weighted by Gasteiger charge is 2.32. The molecule has 1 aliphatic rings. The molecule has 0 saturated carbocycles. The third-order valence-corrected chi connectivity index (χ3v) is 3.99. The van der Waals surface area contributed by atoms with E-state index in [0.29, 0.717) is 11.5 Å². The van der Waals surface area contributed by atoms with E-state index in [2.05, 4.69) is 42.8 Å². The first kappa shape index (κ1) is 11.6. The predicted octanol–water partition coefficient (Wildman–Crippen LogP) is 2.84. The lowest BCUT2D eigenvalue weighted by atomic mass is 9.75. The van der Waals surface area contributed by atoms with Crippen LogP contribution < -0.4 is 0 Å². The number of aromatic nitrogens is 1. The summed E-state index contributed by atoms with van der Waals surface area (Å²) in [5.41, 5.74) is 1.73. The van der Waals surface area contributed by atoms with Crippen LogP contribution in [0.1, 0.15) is 39.2 Å². The van der Waals surface area contributed by atoms with Crippen molar-refractivity contribution in [3.8, 4) is 0 Å². The van der Waals surface area contributed by atoms with Crippen molar-refractivity contribution in [2.24, 2.45) is 0 Å². The van der Waals surface area contributed by atoms with Gasteiger partial charge >= 0.3 is 0 Å². The molecule has 1 aliphatic heterocycles. The second-order valence-corrected chi connectivity index (χ2v) is 5.43. The van der Waals surface area contributed by atoms with Gasteiger partial charge in [-0.1, -0.05) is 13.0 Å². The summed E-state index contributed by atoms with van der Waals surface area (Å²) in [6.45, 7) is 9.37. The lowest BCUT2D eigenvalue weighted by Crippen LogP contribution is -2.44. The fourth-order valence-corrected chi connectivity index (χ4v) is 2.54. The monoisotopic (exact) mass is 218 g/mol. The quantitative estimate of drug-likeness (QED) is 0.759. The smallest absolute Gasteiger partial charge is 0.0305 e. The normalized spacial score (nSPS) is 21.2. The van der Waals surface area contributed by atoms with Gasteiger partial charge in [0, 0.05) is 18.4 Å². The summed E-state index contributed by atoms with van der Waals surface area (Å²) >= 11 is 0. The minimum Gasteiger partial charge on any atom is -0.301 e. The first-order valence-electron chi connectivity index (χ1n) is 6.26. The van der Waals surface area contributed by atoms with Gasteiger partial charge in [-0.05, 0) is 56.8 Å². The molecule has 1 saturated heterocycles. The fraction of sp³-hybridized carbons (Fsp3) is 0.643. The molecule has 0 radical (unpaired) electrons. The van der Waals surface area contributed by atoms with Gasteiger partial charge in [-0.2, -0.15) is 0 Å². The van der Waals surface area contributed by atoms with Crippen LogP contribution in [0.4, 0.5) is 0 Å². The molecule has 0 N–H and O–H groups in total. The number of hydrogen-bond acceptors (Lipinski definition) is 2. The molecule has 0 atom stereocenters. The fourth-order valence-electron chi connectivity index (χ4n) is 2.54. The summed E-state index contributed by atoms with van der Waals surface area (Å²) in [5.74, 6) is 0. The topological polar surface area (TPSA) is 16.1 Å². The van der Waals surface area contributed by atoms with E-state index in [1.165, 1.54) is 31.5 Å². The Morgan fingerprint density at radius 1 is 1.31 bits per heavy atom. The first-order chi connectivity index (χ1) is 7.62. The summed E-state index contributed by atoms with van der Waals surface area (Å²) in [5, 5.41) is 0. The van der Waals surface area contributed by atoms with Crippen molar-refractivity contribution in [1.82, 2.24) is 9.88 Å². The highest BCUT2D eigenvalue weighted by atomic mass is 15.2. The maximum atomic E-state index is 4.25. The van der Waals surface area contributed by atoms with Gasteiger partial charge in [0.2, 0.25) is 0 Å². The van der Waals surface area contributed by atoms with E-state index in [1.807, 2.05) is 12.4 Å². The molecule has 0 amide bonds. The van der Waals surface area contributed by atoms with Crippen LogP contribution in [-0.4, -0.2) is 29.0 Å². The molecule has 0 aromatic carbocycles. The first-order valence-corrected chi connectivity index (χ1v) is 6.26. The molecule has 0 spiro atoms. The maximum absolute atomic E-state index is 4.25. The van der Waals surface area contributed by atoms with Gasteiger partial charge in [-0.3, -0.25) is 4.98 Å². The number of piperidine rings is 1. The summed E-state index contributed by atoms with van der Waals surface area (Å²) in [6, 6.07) is 4.95. The van der Waals surface area contributed by atoms with Crippen LogP contribution in [0.3, 0.4) is 0 Å². The molecular weight excluding hydrogens is 196 g/mol. The van der Waals surface area contributed by atoms with Crippen molar-refractivity contribution in [3.63, 3.8) is 0 Å². The summed E-state index contributed by atoms with van der Waals surface area (Å²) < 4.78 is 0. The van der Waals surface area contributed by atoms with Crippen LogP contribution >= 0.6 is 0 Å². The van der Waals surface area contributed by atoms with Gasteiger partial charge in [0.25, 0.3) is 0 Å².